The topological polar surface area (TPSA) is 90.7 Å². The highest BCUT2D eigenvalue weighted by Crippen LogP contribution is 2.34. The summed E-state index contributed by atoms with van der Waals surface area (Å²) in [6, 6.07) is 10.6. The Morgan fingerprint density at radius 2 is 1.91 bits per heavy atom. The number of fused-ring (bicyclic) bond motifs is 1. The Hall–Kier alpha value is -3.61. The van der Waals surface area contributed by atoms with Crippen molar-refractivity contribution in [1.82, 2.24) is 9.97 Å². The maximum absolute atomic E-state index is 12.5. The van der Waals surface area contributed by atoms with Gasteiger partial charge >= 0.3 is 5.97 Å². The lowest BCUT2D eigenvalue weighted by Crippen LogP contribution is -2.47. The number of hydrogen-bond donors (Lipinski definition) is 0. The van der Waals surface area contributed by atoms with E-state index in [0.717, 1.165) is 22.0 Å². The van der Waals surface area contributed by atoms with Gasteiger partial charge in [-0.1, -0.05) is 12.1 Å². The monoisotopic (exact) mass is 431 g/mol. The number of aromatic nitrogens is 2. The van der Waals surface area contributed by atoms with Gasteiger partial charge in [-0.2, -0.15) is 0 Å². The van der Waals surface area contributed by atoms with Gasteiger partial charge in [0.15, 0.2) is 6.04 Å². The summed E-state index contributed by atoms with van der Waals surface area (Å²) in [5.74, 6) is 0.860. The average Bonchev–Trinajstić information content (AvgIpc) is 2.80. The molecule has 1 atom stereocenters. The molecule has 0 N–H and O–H groups in total. The van der Waals surface area contributed by atoms with Crippen LogP contribution in [0.25, 0.3) is 10.8 Å². The summed E-state index contributed by atoms with van der Waals surface area (Å²) >= 11 is 0. The lowest BCUT2D eigenvalue weighted by atomic mass is 9.68. The van der Waals surface area contributed by atoms with Crippen molar-refractivity contribution in [3.63, 3.8) is 0 Å². The molecule has 7 nitrogen and oxygen atoms in total. The van der Waals surface area contributed by atoms with E-state index in [0.29, 0.717) is 24.5 Å². The van der Waals surface area contributed by atoms with Crippen LogP contribution in [0.5, 0.6) is 11.6 Å². The van der Waals surface area contributed by atoms with E-state index >= 15 is 0 Å². The number of benzene rings is 1. The SMILES string of the molecule is CCOC(=O)[C@H](Cc1ccc(Oc2nccc3ccncc23)cc1)N=C1CC(=O)C1(C)C. The van der Waals surface area contributed by atoms with E-state index in [2.05, 4.69) is 15.0 Å². The van der Waals surface area contributed by atoms with E-state index in [1.807, 2.05) is 50.2 Å². The maximum Gasteiger partial charge on any atom is 0.331 e. The third-order valence-electron chi connectivity index (χ3n) is 5.71. The van der Waals surface area contributed by atoms with Gasteiger partial charge in [0.05, 0.1) is 17.4 Å². The molecule has 1 aromatic carbocycles. The van der Waals surface area contributed by atoms with Gasteiger partial charge in [0.2, 0.25) is 5.88 Å². The average molecular weight is 431 g/mol. The van der Waals surface area contributed by atoms with Crippen LogP contribution in [-0.2, 0) is 20.7 Å². The summed E-state index contributed by atoms with van der Waals surface area (Å²) in [4.78, 5) is 37.4. The number of ether oxygens (including phenoxy) is 2. The van der Waals surface area contributed by atoms with Crippen molar-refractivity contribution >= 4 is 28.2 Å². The molecule has 0 radical (unpaired) electrons. The number of nitrogens with zero attached hydrogens (tertiary/aromatic N) is 3. The van der Waals surface area contributed by atoms with Gasteiger partial charge in [-0.15, -0.1) is 0 Å². The number of hydrogen-bond acceptors (Lipinski definition) is 7. The second-order valence-corrected chi connectivity index (χ2v) is 8.23. The van der Waals surface area contributed by atoms with Gasteiger partial charge in [0, 0.05) is 37.1 Å². The minimum Gasteiger partial charge on any atom is -0.464 e. The Labute approximate surface area is 186 Å². The standard InChI is InChI=1S/C25H25N3O4/c1-4-31-24(30)20(28-21-14-22(29)25(21,2)3)13-16-5-7-18(8-6-16)32-23-19-15-26-11-9-17(19)10-12-27-23/h5-12,15,20H,4,13-14H2,1-3H3/t20-/m0/s1. The summed E-state index contributed by atoms with van der Waals surface area (Å²) in [5.41, 5.74) is 1.05. The zero-order valence-electron chi connectivity index (χ0n) is 18.4. The molecular weight excluding hydrogens is 406 g/mol. The van der Waals surface area contributed by atoms with Crippen LogP contribution in [0.2, 0.25) is 0 Å². The molecule has 4 rings (SSSR count). The number of carbonyl (C=O) groups is 2. The van der Waals surface area contributed by atoms with Crippen molar-refractivity contribution in [2.24, 2.45) is 10.4 Å². The summed E-state index contributed by atoms with van der Waals surface area (Å²) < 4.78 is 11.2. The summed E-state index contributed by atoms with van der Waals surface area (Å²) in [5, 5.41) is 1.82. The number of esters is 1. The quantitative estimate of drug-likeness (QED) is 0.517. The number of Topliss-reactive ketones (excluding diaryl/α,β-unsaturated/α-hetero) is 1. The molecule has 0 saturated heterocycles. The fourth-order valence-electron chi connectivity index (χ4n) is 3.56. The minimum absolute atomic E-state index is 0.137. The summed E-state index contributed by atoms with van der Waals surface area (Å²) in [6.45, 7) is 5.72. The van der Waals surface area contributed by atoms with Gasteiger partial charge in [-0.05, 0) is 56.0 Å². The van der Waals surface area contributed by atoms with Crippen LogP contribution >= 0.6 is 0 Å². The highest BCUT2D eigenvalue weighted by Gasteiger charge is 2.44. The third kappa shape index (κ3) is 4.37. The number of ketones is 1. The van der Waals surface area contributed by atoms with Crippen molar-refractivity contribution < 1.29 is 19.1 Å². The van der Waals surface area contributed by atoms with E-state index in [-0.39, 0.29) is 18.4 Å². The van der Waals surface area contributed by atoms with Gasteiger partial charge in [0.1, 0.15) is 11.5 Å². The number of carbonyl (C=O) groups excluding carboxylic acids is 2. The third-order valence-corrected chi connectivity index (χ3v) is 5.71. The van der Waals surface area contributed by atoms with E-state index in [1.54, 1.807) is 25.5 Å². The van der Waals surface area contributed by atoms with Crippen LogP contribution in [0.15, 0.2) is 60.0 Å². The molecule has 164 valence electrons. The molecule has 0 aliphatic heterocycles. The van der Waals surface area contributed by atoms with E-state index < -0.39 is 11.5 Å². The first-order chi connectivity index (χ1) is 15.4. The molecule has 0 amide bonds. The molecule has 7 heteroatoms. The first kappa shape index (κ1) is 21.6. The molecule has 2 heterocycles. The highest BCUT2D eigenvalue weighted by molar-refractivity contribution is 6.26. The Morgan fingerprint density at radius 1 is 1.16 bits per heavy atom. The number of aliphatic imine (C=N–C) groups is 1. The number of pyridine rings is 2. The fraction of sp³-hybridized carbons (Fsp3) is 0.320. The molecule has 1 aliphatic carbocycles. The summed E-state index contributed by atoms with van der Waals surface area (Å²) in [6.07, 6.45) is 5.82. The normalized spacial score (nSPS) is 17.1. The van der Waals surface area contributed by atoms with Crippen molar-refractivity contribution in [3.05, 3.63) is 60.6 Å². The first-order valence-corrected chi connectivity index (χ1v) is 10.6. The number of rotatable bonds is 7. The van der Waals surface area contributed by atoms with E-state index in [4.69, 9.17) is 9.47 Å². The molecule has 1 fully saturated rings. The predicted octanol–water partition coefficient (Wildman–Crippen LogP) is 4.34. The Balaban J connectivity index is 1.51. The van der Waals surface area contributed by atoms with Crippen LogP contribution < -0.4 is 4.74 Å². The van der Waals surface area contributed by atoms with Crippen molar-refractivity contribution in [2.45, 2.75) is 39.7 Å². The predicted molar refractivity (Wildman–Crippen MR) is 121 cm³/mol. The van der Waals surface area contributed by atoms with Crippen molar-refractivity contribution in [3.8, 4) is 11.6 Å². The van der Waals surface area contributed by atoms with Crippen LogP contribution in [0, 0.1) is 5.41 Å². The van der Waals surface area contributed by atoms with Crippen LogP contribution in [0.1, 0.15) is 32.8 Å². The van der Waals surface area contributed by atoms with Gasteiger partial charge in [0.25, 0.3) is 0 Å². The Kier molecular flexibility index (Phi) is 5.99. The fourth-order valence-corrected chi connectivity index (χ4v) is 3.56. The lowest BCUT2D eigenvalue weighted by molar-refractivity contribution is -0.144. The maximum atomic E-state index is 12.5. The Morgan fingerprint density at radius 3 is 2.59 bits per heavy atom. The zero-order chi connectivity index (χ0) is 22.7. The molecule has 0 bridgehead atoms. The smallest absolute Gasteiger partial charge is 0.331 e. The minimum atomic E-state index is -0.685. The second kappa shape index (κ2) is 8.86. The van der Waals surface area contributed by atoms with Crippen LogP contribution in [0.3, 0.4) is 0 Å². The lowest BCUT2D eigenvalue weighted by Gasteiger charge is -2.35. The molecule has 0 unspecified atom stereocenters. The van der Waals surface area contributed by atoms with Gasteiger partial charge in [-0.25, -0.2) is 9.78 Å². The van der Waals surface area contributed by atoms with Gasteiger partial charge in [-0.3, -0.25) is 14.8 Å². The molecule has 32 heavy (non-hydrogen) atoms. The molecule has 0 spiro atoms. The highest BCUT2D eigenvalue weighted by atomic mass is 16.5. The molecule has 1 aliphatic rings. The molecule has 3 aromatic rings. The first-order valence-electron chi connectivity index (χ1n) is 10.6. The summed E-state index contributed by atoms with van der Waals surface area (Å²) in [7, 11) is 0. The Bertz CT molecular complexity index is 1180. The molecule has 1 saturated carbocycles. The van der Waals surface area contributed by atoms with Crippen molar-refractivity contribution in [2.75, 3.05) is 6.61 Å². The van der Waals surface area contributed by atoms with E-state index in [9.17, 15) is 9.59 Å². The second-order valence-electron chi connectivity index (χ2n) is 8.23. The zero-order valence-corrected chi connectivity index (χ0v) is 18.4. The van der Waals surface area contributed by atoms with Crippen LogP contribution in [0.4, 0.5) is 0 Å². The largest absolute Gasteiger partial charge is 0.464 e. The van der Waals surface area contributed by atoms with Crippen LogP contribution in [-0.4, -0.2) is 40.1 Å². The van der Waals surface area contributed by atoms with E-state index in [1.165, 1.54) is 0 Å². The molecular formula is C25H25N3O4. The van der Waals surface area contributed by atoms with Gasteiger partial charge < -0.3 is 9.47 Å². The molecule has 2 aromatic heterocycles. The van der Waals surface area contributed by atoms with Crippen molar-refractivity contribution in [1.29, 1.82) is 0 Å².